The van der Waals surface area contributed by atoms with Crippen LogP contribution in [0.15, 0.2) is 29.3 Å². The highest BCUT2D eigenvalue weighted by atomic mass is 127. The van der Waals surface area contributed by atoms with Gasteiger partial charge in [-0.25, -0.2) is 4.39 Å². The van der Waals surface area contributed by atoms with Gasteiger partial charge in [-0.15, -0.1) is 24.0 Å². The summed E-state index contributed by atoms with van der Waals surface area (Å²) in [5.41, 5.74) is 0.775. The van der Waals surface area contributed by atoms with E-state index >= 15 is 0 Å². The summed E-state index contributed by atoms with van der Waals surface area (Å²) < 4.78 is 14.1. The number of halogens is 2. The number of rotatable bonds is 6. The van der Waals surface area contributed by atoms with Crippen LogP contribution in [0.1, 0.15) is 31.7 Å². The maximum atomic E-state index is 14.1. The quantitative estimate of drug-likeness (QED) is 0.390. The van der Waals surface area contributed by atoms with E-state index in [-0.39, 0.29) is 35.2 Å². The second-order valence-corrected chi connectivity index (χ2v) is 7.11. The molecule has 3 rings (SSSR count). The van der Waals surface area contributed by atoms with E-state index in [0.717, 1.165) is 44.0 Å². The molecule has 4 nitrogen and oxygen atoms in total. The molecule has 2 aliphatic rings. The van der Waals surface area contributed by atoms with E-state index in [1.807, 2.05) is 12.1 Å². The van der Waals surface area contributed by atoms with Crippen molar-refractivity contribution in [3.63, 3.8) is 0 Å². The lowest BCUT2D eigenvalue weighted by Gasteiger charge is -2.20. The smallest absolute Gasteiger partial charge is 0.191 e. The third-order valence-corrected chi connectivity index (χ3v) is 5.49. The van der Waals surface area contributed by atoms with Crippen LogP contribution in [0, 0.1) is 11.7 Å². The van der Waals surface area contributed by atoms with Gasteiger partial charge < -0.3 is 15.5 Å². The first kappa shape index (κ1) is 20.4. The number of hydrogen-bond donors (Lipinski definition) is 2. The van der Waals surface area contributed by atoms with Gasteiger partial charge in [-0.3, -0.25) is 4.99 Å². The lowest BCUT2D eigenvalue weighted by atomic mass is 9.95. The molecule has 2 N–H and O–H groups in total. The van der Waals surface area contributed by atoms with E-state index in [1.165, 1.54) is 19.5 Å². The van der Waals surface area contributed by atoms with Crippen LogP contribution >= 0.6 is 24.0 Å². The van der Waals surface area contributed by atoms with Crippen molar-refractivity contribution < 1.29 is 4.39 Å². The summed E-state index contributed by atoms with van der Waals surface area (Å²) in [5.74, 6) is 1.42. The van der Waals surface area contributed by atoms with E-state index in [0.29, 0.717) is 5.92 Å². The Kier molecular flexibility index (Phi) is 7.49. The summed E-state index contributed by atoms with van der Waals surface area (Å²) in [7, 11) is 1.80. The van der Waals surface area contributed by atoms with Gasteiger partial charge in [0.05, 0.1) is 0 Å². The highest BCUT2D eigenvalue weighted by Gasteiger charge is 2.45. The number of nitrogens with zero attached hydrogens (tertiary/aromatic N) is 2. The topological polar surface area (TPSA) is 39.7 Å². The molecule has 1 aromatic rings. The van der Waals surface area contributed by atoms with E-state index in [4.69, 9.17) is 0 Å². The van der Waals surface area contributed by atoms with E-state index in [9.17, 15) is 4.39 Å². The summed E-state index contributed by atoms with van der Waals surface area (Å²) in [6, 6.07) is 7.15. The third kappa shape index (κ3) is 5.06. The molecule has 140 valence electrons. The van der Waals surface area contributed by atoms with Crippen molar-refractivity contribution in [3.05, 3.63) is 35.6 Å². The molecule has 0 radical (unpaired) electrons. The van der Waals surface area contributed by atoms with Crippen LogP contribution in [-0.2, 0) is 5.41 Å². The van der Waals surface area contributed by atoms with Crippen molar-refractivity contribution in [3.8, 4) is 0 Å². The molecular weight excluding hydrogens is 430 g/mol. The number of benzene rings is 1. The molecule has 1 aliphatic heterocycles. The summed E-state index contributed by atoms with van der Waals surface area (Å²) in [6.45, 7) is 7.40. The summed E-state index contributed by atoms with van der Waals surface area (Å²) in [4.78, 5) is 6.81. The molecule has 1 aromatic carbocycles. The zero-order valence-corrected chi connectivity index (χ0v) is 17.6. The summed E-state index contributed by atoms with van der Waals surface area (Å²) in [6.07, 6.45) is 3.31. The second kappa shape index (κ2) is 9.16. The summed E-state index contributed by atoms with van der Waals surface area (Å²) >= 11 is 0. The van der Waals surface area contributed by atoms with Crippen molar-refractivity contribution in [1.29, 1.82) is 0 Å². The van der Waals surface area contributed by atoms with Crippen molar-refractivity contribution in [1.82, 2.24) is 15.5 Å². The SMILES string of the molecule is CCN1CCC(CNC(=NC)NCC2(c3ccccc3F)CC2)C1.I. The molecule has 1 saturated heterocycles. The normalized spacial score (nSPS) is 22.4. The molecule has 0 bridgehead atoms. The monoisotopic (exact) mass is 460 g/mol. The Labute approximate surface area is 167 Å². The molecule has 0 spiro atoms. The molecule has 0 aromatic heterocycles. The van der Waals surface area contributed by atoms with Gasteiger partial charge in [0.1, 0.15) is 5.82 Å². The van der Waals surface area contributed by atoms with Crippen LogP contribution in [0.3, 0.4) is 0 Å². The molecule has 2 fully saturated rings. The minimum atomic E-state index is -0.0923. The Morgan fingerprint density at radius 1 is 1.32 bits per heavy atom. The van der Waals surface area contributed by atoms with E-state index in [2.05, 4.69) is 27.4 Å². The number of guanidine groups is 1. The third-order valence-electron chi connectivity index (χ3n) is 5.49. The predicted octanol–water partition coefficient (Wildman–Crippen LogP) is 2.98. The van der Waals surface area contributed by atoms with Gasteiger partial charge in [0.2, 0.25) is 0 Å². The fourth-order valence-corrected chi connectivity index (χ4v) is 3.66. The van der Waals surface area contributed by atoms with Crippen molar-refractivity contribution in [2.24, 2.45) is 10.9 Å². The molecular formula is C19H30FIN4. The zero-order valence-electron chi connectivity index (χ0n) is 15.2. The Bertz CT molecular complexity index is 589. The van der Waals surface area contributed by atoms with Gasteiger partial charge >= 0.3 is 0 Å². The van der Waals surface area contributed by atoms with Gasteiger partial charge in [0.15, 0.2) is 5.96 Å². The van der Waals surface area contributed by atoms with Crippen LogP contribution in [0.4, 0.5) is 4.39 Å². The van der Waals surface area contributed by atoms with E-state index in [1.54, 1.807) is 19.2 Å². The largest absolute Gasteiger partial charge is 0.356 e. The molecule has 0 amide bonds. The van der Waals surface area contributed by atoms with Gasteiger partial charge in [0, 0.05) is 32.1 Å². The average molecular weight is 460 g/mol. The average Bonchev–Trinajstić information content (AvgIpc) is 3.24. The molecule has 6 heteroatoms. The summed E-state index contributed by atoms with van der Waals surface area (Å²) in [5, 5.41) is 6.85. The Balaban J connectivity index is 0.00000225. The van der Waals surface area contributed by atoms with Gasteiger partial charge in [-0.2, -0.15) is 0 Å². The minimum Gasteiger partial charge on any atom is -0.356 e. The predicted molar refractivity (Wildman–Crippen MR) is 112 cm³/mol. The van der Waals surface area contributed by atoms with Crippen LogP contribution in [-0.4, -0.2) is 50.6 Å². The van der Waals surface area contributed by atoms with Gasteiger partial charge in [0.25, 0.3) is 0 Å². The zero-order chi connectivity index (χ0) is 17.0. The van der Waals surface area contributed by atoms with Crippen LogP contribution in [0.2, 0.25) is 0 Å². The second-order valence-electron chi connectivity index (χ2n) is 7.11. The Hall–Kier alpha value is -0.890. The highest BCUT2D eigenvalue weighted by Crippen LogP contribution is 2.48. The highest BCUT2D eigenvalue weighted by molar-refractivity contribution is 14.0. The molecule has 25 heavy (non-hydrogen) atoms. The molecule has 1 heterocycles. The Morgan fingerprint density at radius 2 is 2.08 bits per heavy atom. The number of aliphatic imine (C=N–C) groups is 1. The van der Waals surface area contributed by atoms with Crippen molar-refractivity contribution in [2.45, 2.75) is 31.6 Å². The van der Waals surface area contributed by atoms with Crippen LogP contribution in [0.25, 0.3) is 0 Å². The molecule has 1 saturated carbocycles. The van der Waals surface area contributed by atoms with Crippen LogP contribution < -0.4 is 10.6 Å². The molecule has 1 atom stereocenters. The minimum absolute atomic E-state index is 0. The van der Waals surface area contributed by atoms with Crippen molar-refractivity contribution in [2.75, 3.05) is 39.8 Å². The van der Waals surface area contributed by atoms with Gasteiger partial charge in [-0.05, 0) is 49.9 Å². The maximum Gasteiger partial charge on any atom is 0.191 e. The fraction of sp³-hybridized carbons (Fsp3) is 0.632. The number of hydrogen-bond acceptors (Lipinski definition) is 2. The standard InChI is InChI=1S/C19H29FN4.HI/c1-3-24-11-8-15(13-24)12-22-18(21-2)23-14-19(9-10-19)16-6-4-5-7-17(16)20;/h4-7,15H,3,8-14H2,1-2H3,(H2,21,22,23);1H. The Morgan fingerprint density at radius 3 is 2.68 bits per heavy atom. The van der Waals surface area contributed by atoms with Crippen molar-refractivity contribution >= 4 is 29.9 Å². The first-order valence-electron chi connectivity index (χ1n) is 9.09. The lowest BCUT2D eigenvalue weighted by Crippen LogP contribution is -2.43. The number of likely N-dealkylation sites (tertiary alicyclic amines) is 1. The maximum absolute atomic E-state index is 14.1. The molecule has 1 unspecified atom stereocenters. The van der Waals surface area contributed by atoms with Gasteiger partial charge in [-0.1, -0.05) is 25.1 Å². The van der Waals surface area contributed by atoms with Crippen LogP contribution in [0.5, 0.6) is 0 Å². The first-order valence-corrected chi connectivity index (χ1v) is 9.09. The number of nitrogens with one attached hydrogen (secondary N) is 2. The molecule has 1 aliphatic carbocycles. The van der Waals surface area contributed by atoms with E-state index < -0.39 is 0 Å². The lowest BCUT2D eigenvalue weighted by molar-refractivity contribution is 0.341. The first-order chi connectivity index (χ1) is 11.7. The fourth-order valence-electron chi connectivity index (χ4n) is 3.66.